The number of rotatable bonds is 7. The molecule has 0 aromatic heterocycles. The van der Waals surface area contributed by atoms with Crippen LogP contribution in [0.15, 0.2) is 29.8 Å². The summed E-state index contributed by atoms with van der Waals surface area (Å²) in [7, 11) is 0. The molecule has 0 radical (unpaired) electrons. The molecule has 0 fully saturated rings. The quantitative estimate of drug-likeness (QED) is 0.276. The molecular formula is C17H20N2O3. The highest BCUT2D eigenvalue weighted by atomic mass is 16.5. The van der Waals surface area contributed by atoms with Crippen LogP contribution in [0.25, 0.3) is 6.08 Å². The number of carbonyl (C=O) groups is 2. The van der Waals surface area contributed by atoms with Gasteiger partial charge in [0.2, 0.25) is 0 Å². The van der Waals surface area contributed by atoms with Crippen LogP contribution < -0.4 is 10.1 Å². The van der Waals surface area contributed by atoms with E-state index in [0.29, 0.717) is 24.3 Å². The maximum atomic E-state index is 11.8. The van der Waals surface area contributed by atoms with E-state index >= 15 is 0 Å². The molecule has 116 valence electrons. The van der Waals surface area contributed by atoms with E-state index in [1.54, 1.807) is 31.2 Å². The normalized spacial score (nSPS) is 10.7. The van der Waals surface area contributed by atoms with E-state index in [9.17, 15) is 9.59 Å². The van der Waals surface area contributed by atoms with Crippen molar-refractivity contribution in [2.24, 2.45) is 0 Å². The number of ether oxygens (including phenoxy) is 1. The molecule has 1 N–H and O–H groups in total. The van der Waals surface area contributed by atoms with E-state index in [0.717, 1.165) is 12.8 Å². The van der Waals surface area contributed by atoms with Gasteiger partial charge in [-0.05, 0) is 30.2 Å². The molecule has 0 heterocycles. The zero-order valence-electron chi connectivity index (χ0n) is 12.9. The highest BCUT2D eigenvalue weighted by Gasteiger charge is 2.08. The number of esters is 1. The van der Waals surface area contributed by atoms with Crippen molar-refractivity contribution in [2.45, 2.75) is 33.1 Å². The highest BCUT2D eigenvalue weighted by molar-refractivity contribution is 6.01. The van der Waals surface area contributed by atoms with Crippen LogP contribution in [-0.2, 0) is 9.59 Å². The van der Waals surface area contributed by atoms with Gasteiger partial charge in [0.25, 0.3) is 5.91 Å². The summed E-state index contributed by atoms with van der Waals surface area (Å²) >= 11 is 0. The summed E-state index contributed by atoms with van der Waals surface area (Å²) in [6.45, 7) is 4.30. The fraction of sp³-hybridized carbons (Fsp3) is 0.353. The van der Waals surface area contributed by atoms with Crippen molar-refractivity contribution >= 4 is 18.0 Å². The van der Waals surface area contributed by atoms with Gasteiger partial charge in [-0.15, -0.1) is 0 Å². The van der Waals surface area contributed by atoms with Gasteiger partial charge >= 0.3 is 5.97 Å². The van der Waals surface area contributed by atoms with Gasteiger partial charge in [0.15, 0.2) is 0 Å². The fourth-order valence-corrected chi connectivity index (χ4v) is 1.62. The lowest BCUT2D eigenvalue weighted by molar-refractivity contribution is -0.134. The first kappa shape index (κ1) is 17.4. The van der Waals surface area contributed by atoms with E-state index in [-0.39, 0.29) is 17.4 Å². The standard InChI is InChI=1S/C17H20N2O3/c1-3-5-10-19-17(21)14(12-18)11-13-6-8-15(9-7-13)22-16(20)4-2/h6-9,11H,3-5,10H2,1-2H3,(H,19,21)/b14-11+. The molecule has 0 atom stereocenters. The molecular weight excluding hydrogens is 280 g/mol. The van der Waals surface area contributed by atoms with E-state index in [2.05, 4.69) is 5.32 Å². The number of amides is 1. The Kier molecular flexibility index (Phi) is 7.41. The Morgan fingerprint density at radius 1 is 1.27 bits per heavy atom. The predicted octanol–water partition coefficient (Wildman–Crippen LogP) is 2.83. The number of unbranched alkanes of at least 4 members (excludes halogenated alkanes) is 1. The molecule has 5 heteroatoms. The number of carbonyl (C=O) groups excluding carboxylic acids is 2. The molecule has 0 aliphatic rings. The summed E-state index contributed by atoms with van der Waals surface area (Å²) < 4.78 is 5.06. The molecule has 0 spiro atoms. The van der Waals surface area contributed by atoms with E-state index in [1.807, 2.05) is 13.0 Å². The first-order valence-electron chi connectivity index (χ1n) is 7.31. The maximum absolute atomic E-state index is 11.8. The van der Waals surface area contributed by atoms with Crippen LogP contribution in [0.1, 0.15) is 38.7 Å². The van der Waals surface area contributed by atoms with Crippen molar-refractivity contribution in [1.82, 2.24) is 5.32 Å². The van der Waals surface area contributed by atoms with E-state index in [4.69, 9.17) is 10.00 Å². The molecule has 1 rings (SSSR count). The molecule has 1 aromatic carbocycles. The average molecular weight is 300 g/mol. The summed E-state index contributed by atoms with van der Waals surface area (Å²) in [5.41, 5.74) is 0.743. The minimum absolute atomic E-state index is 0.0504. The molecule has 0 aliphatic heterocycles. The van der Waals surface area contributed by atoms with E-state index in [1.165, 1.54) is 6.08 Å². The number of nitrogens with zero attached hydrogens (tertiary/aromatic N) is 1. The van der Waals surface area contributed by atoms with Crippen LogP contribution in [0.4, 0.5) is 0 Å². The van der Waals surface area contributed by atoms with Crippen molar-refractivity contribution < 1.29 is 14.3 Å². The molecule has 0 saturated carbocycles. The summed E-state index contributed by atoms with van der Waals surface area (Å²) in [5, 5.41) is 11.8. The van der Waals surface area contributed by atoms with Crippen molar-refractivity contribution in [2.75, 3.05) is 6.54 Å². The van der Waals surface area contributed by atoms with Crippen LogP contribution in [-0.4, -0.2) is 18.4 Å². The third-order valence-electron chi connectivity index (χ3n) is 2.89. The molecule has 0 aliphatic carbocycles. The molecule has 22 heavy (non-hydrogen) atoms. The topological polar surface area (TPSA) is 79.2 Å². The molecule has 5 nitrogen and oxygen atoms in total. The lowest BCUT2D eigenvalue weighted by Crippen LogP contribution is -2.25. The Hall–Kier alpha value is -2.61. The number of hydrogen-bond donors (Lipinski definition) is 1. The van der Waals surface area contributed by atoms with Crippen LogP contribution in [0, 0.1) is 11.3 Å². The predicted molar refractivity (Wildman–Crippen MR) is 83.9 cm³/mol. The average Bonchev–Trinajstić information content (AvgIpc) is 2.54. The summed E-state index contributed by atoms with van der Waals surface area (Å²) in [5.74, 6) is -0.247. The number of nitrogens with one attached hydrogen (secondary N) is 1. The summed E-state index contributed by atoms with van der Waals surface area (Å²) in [6.07, 6.45) is 3.66. The van der Waals surface area contributed by atoms with Crippen LogP contribution in [0.3, 0.4) is 0 Å². The number of benzene rings is 1. The van der Waals surface area contributed by atoms with Gasteiger partial charge in [0.1, 0.15) is 17.4 Å². The second-order valence-electron chi connectivity index (χ2n) is 4.68. The first-order valence-corrected chi connectivity index (χ1v) is 7.31. The molecule has 1 aromatic rings. The van der Waals surface area contributed by atoms with Crippen LogP contribution in [0.5, 0.6) is 5.75 Å². The lowest BCUT2D eigenvalue weighted by Gasteiger charge is -2.04. The van der Waals surface area contributed by atoms with Crippen LogP contribution >= 0.6 is 0 Å². The van der Waals surface area contributed by atoms with Crippen molar-refractivity contribution in [1.29, 1.82) is 5.26 Å². The first-order chi connectivity index (χ1) is 10.6. The van der Waals surface area contributed by atoms with Gasteiger partial charge in [-0.2, -0.15) is 5.26 Å². The Morgan fingerprint density at radius 3 is 2.50 bits per heavy atom. The van der Waals surface area contributed by atoms with Gasteiger partial charge in [0.05, 0.1) is 0 Å². The van der Waals surface area contributed by atoms with Crippen molar-refractivity contribution in [3.05, 3.63) is 35.4 Å². The zero-order valence-corrected chi connectivity index (χ0v) is 12.9. The SMILES string of the molecule is CCCCNC(=O)/C(C#N)=C/c1ccc(OC(=O)CC)cc1. The Bertz CT molecular complexity index is 583. The van der Waals surface area contributed by atoms with Gasteiger partial charge in [-0.3, -0.25) is 9.59 Å². The summed E-state index contributed by atoms with van der Waals surface area (Å²) in [4.78, 5) is 23.0. The monoisotopic (exact) mass is 300 g/mol. The highest BCUT2D eigenvalue weighted by Crippen LogP contribution is 2.15. The third-order valence-corrected chi connectivity index (χ3v) is 2.89. The second kappa shape index (κ2) is 9.35. The Morgan fingerprint density at radius 2 is 1.95 bits per heavy atom. The Labute approximate surface area is 130 Å². The van der Waals surface area contributed by atoms with Gasteiger partial charge in [-0.1, -0.05) is 32.4 Å². The fourth-order valence-electron chi connectivity index (χ4n) is 1.62. The van der Waals surface area contributed by atoms with Crippen molar-refractivity contribution in [3.63, 3.8) is 0 Å². The van der Waals surface area contributed by atoms with Gasteiger partial charge < -0.3 is 10.1 Å². The Balaban J connectivity index is 2.75. The van der Waals surface area contributed by atoms with Gasteiger partial charge in [0, 0.05) is 13.0 Å². The number of nitriles is 1. The second-order valence-corrected chi connectivity index (χ2v) is 4.68. The smallest absolute Gasteiger partial charge is 0.310 e. The minimum atomic E-state index is -0.377. The third kappa shape index (κ3) is 5.80. The molecule has 0 unspecified atom stereocenters. The number of hydrogen-bond acceptors (Lipinski definition) is 4. The summed E-state index contributed by atoms with van der Waals surface area (Å²) in [6, 6.07) is 8.53. The molecule has 0 bridgehead atoms. The maximum Gasteiger partial charge on any atom is 0.310 e. The molecule has 0 saturated heterocycles. The molecule has 1 amide bonds. The van der Waals surface area contributed by atoms with Crippen molar-refractivity contribution in [3.8, 4) is 11.8 Å². The lowest BCUT2D eigenvalue weighted by atomic mass is 10.1. The van der Waals surface area contributed by atoms with Gasteiger partial charge in [-0.25, -0.2) is 0 Å². The minimum Gasteiger partial charge on any atom is -0.427 e. The largest absolute Gasteiger partial charge is 0.427 e. The van der Waals surface area contributed by atoms with E-state index < -0.39 is 0 Å². The zero-order chi connectivity index (χ0) is 16.4. The van der Waals surface area contributed by atoms with Crippen LogP contribution in [0.2, 0.25) is 0 Å².